The molecule has 0 aliphatic carbocycles. The Hall–Kier alpha value is -1.94. The predicted octanol–water partition coefficient (Wildman–Crippen LogP) is 23.9. The Balaban J connectivity index is 5.23. The molecule has 0 aromatic carbocycles. The number of hydrogen-bond acceptors (Lipinski definition) is 15. The molecule has 0 aliphatic rings. The topological polar surface area (TPSA) is 237 Å². The van der Waals surface area contributed by atoms with Crippen LogP contribution in [0.25, 0.3) is 0 Å². The molecule has 6 atom stereocenters. The van der Waals surface area contributed by atoms with Crippen molar-refractivity contribution in [1.29, 1.82) is 0 Å². The molecule has 0 saturated carbocycles. The highest BCUT2D eigenvalue weighted by Gasteiger charge is 2.30. The first kappa shape index (κ1) is 97.1. The fraction of sp³-hybridized carbons (Fsp3) is 0.950. The van der Waals surface area contributed by atoms with Crippen molar-refractivity contribution in [2.24, 2.45) is 11.8 Å². The van der Waals surface area contributed by atoms with Crippen molar-refractivity contribution in [1.82, 2.24) is 0 Å². The number of rotatable bonds is 79. The smallest absolute Gasteiger partial charge is 0.462 e. The minimum absolute atomic E-state index is 0.105. The lowest BCUT2D eigenvalue weighted by Crippen LogP contribution is -2.30. The Kier molecular flexibility index (Phi) is 70.3. The molecule has 3 unspecified atom stereocenters. The molecular formula is C80H156O17P2. The number of hydrogen-bond donors (Lipinski definition) is 3. The van der Waals surface area contributed by atoms with E-state index in [1.54, 1.807) is 0 Å². The minimum Gasteiger partial charge on any atom is -0.462 e. The van der Waals surface area contributed by atoms with Gasteiger partial charge in [0, 0.05) is 25.7 Å². The average molecular weight is 1450 g/mol. The molecule has 0 aromatic heterocycles. The van der Waals surface area contributed by atoms with E-state index >= 15 is 0 Å². The molecule has 0 fully saturated rings. The fourth-order valence-corrected chi connectivity index (χ4v) is 13.9. The SMILES string of the molecule is CCCCCCCCCCCCCCCCCCCCCC(=O)O[C@H](COC(=O)CCCCCCCCCCCCCCCCCC(C)C)COP(=O)(O)OC[C@@H](O)COP(=O)(O)OC[C@@H](COC(=O)CCCCCCCCCCCC)OC(=O)CCCCCCCCCCC(C)CC. The average Bonchev–Trinajstić information content (AvgIpc) is 0.990. The zero-order valence-corrected chi connectivity index (χ0v) is 66.6. The van der Waals surface area contributed by atoms with Crippen LogP contribution in [0.3, 0.4) is 0 Å². The van der Waals surface area contributed by atoms with Gasteiger partial charge in [-0.25, -0.2) is 9.13 Å². The van der Waals surface area contributed by atoms with Crippen LogP contribution in [-0.2, 0) is 65.4 Å². The van der Waals surface area contributed by atoms with Crippen molar-refractivity contribution in [2.75, 3.05) is 39.6 Å². The van der Waals surface area contributed by atoms with Gasteiger partial charge in [0.2, 0.25) is 0 Å². The van der Waals surface area contributed by atoms with E-state index in [0.717, 1.165) is 102 Å². The summed E-state index contributed by atoms with van der Waals surface area (Å²) < 4.78 is 68.7. The molecule has 0 amide bonds. The summed E-state index contributed by atoms with van der Waals surface area (Å²) in [4.78, 5) is 72.9. The van der Waals surface area contributed by atoms with Gasteiger partial charge in [0.25, 0.3) is 0 Å². The van der Waals surface area contributed by atoms with E-state index in [1.807, 2.05) is 0 Å². The summed E-state index contributed by atoms with van der Waals surface area (Å²) in [7, 11) is -9.92. The highest BCUT2D eigenvalue weighted by molar-refractivity contribution is 7.47. The molecule has 0 bridgehead atoms. The van der Waals surface area contributed by atoms with Crippen LogP contribution >= 0.6 is 15.6 Å². The second kappa shape index (κ2) is 71.7. The third-order valence-electron chi connectivity index (χ3n) is 19.1. The summed E-state index contributed by atoms with van der Waals surface area (Å²) >= 11 is 0. The number of phosphoric acid groups is 2. The van der Waals surface area contributed by atoms with Crippen LogP contribution in [0.1, 0.15) is 420 Å². The highest BCUT2D eigenvalue weighted by atomic mass is 31.2. The van der Waals surface area contributed by atoms with Crippen LogP contribution in [0.4, 0.5) is 0 Å². The number of aliphatic hydroxyl groups excluding tert-OH is 1. The Morgan fingerprint density at radius 3 is 0.768 bits per heavy atom. The minimum atomic E-state index is -4.96. The van der Waals surface area contributed by atoms with Crippen LogP contribution in [0.15, 0.2) is 0 Å². The van der Waals surface area contributed by atoms with Gasteiger partial charge in [0.1, 0.15) is 19.3 Å². The van der Waals surface area contributed by atoms with Crippen molar-refractivity contribution in [3.8, 4) is 0 Å². The van der Waals surface area contributed by atoms with E-state index in [9.17, 15) is 43.2 Å². The molecule has 0 rings (SSSR count). The van der Waals surface area contributed by atoms with Crippen molar-refractivity contribution in [3.63, 3.8) is 0 Å². The summed E-state index contributed by atoms with van der Waals surface area (Å²) in [5.41, 5.74) is 0. The zero-order chi connectivity index (χ0) is 72.8. The third kappa shape index (κ3) is 72.8. The van der Waals surface area contributed by atoms with E-state index in [-0.39, 0.29) is 25.7 Å². The molecule has 17 nitrogen and oxygen atoms in total. The summed E-state index contributed by atoms with van der Waals surface area (Å²) in [5.74, 6) is -0.535. The van der Waals surface area contributed by atoms with Crippen molar-refractivity contribution < 1.29 is 80.2 Å². The molecular weight excluding hydrogens is 1290 g/mol. The van der Waals surface area contributed by atoms with E-state index in [0.29, 0.717) is 25.7 Å². The summed E-state index contributed by atoms with van der Waals surface area (Å²) in [6, 6.07) is 0. The van der Waals surface area contributed by atoms with Gasteiger partial charge >= 0.3 is 39.5 Å². The second-order valence-corrected chi connectivity index (χ2v) is 32.4. The van der Waals surface area contributed by atoms with Gasteiger partial charge < -0.3 is 33.8 Å². The second-order valence-electron chi connectivity index (χ2n) is 29.5. The Bertz CT molecular complexity index is 1910. The number of phosphoric ester groups is 2. The van der Waals surface area contributed by atoms with Crippen LogP contribution in [0, 0.1) is 11.8 Å². The van der Waals surface area contributed by atoms with Crippen molar-refractivity contribution >= 4 is 39.5 Å². The van der Waals surface area contributed by atoms with Crippen molar-refractivity contribution in [3.05, 3.63) is 0 Å². The number of ether oxygens (including phenoxy) is 4. The van der Waals surface area contributed by atoms with Gasteiger partial charge in [-0.05, 0) is 37.5 Å². The molecule has 0 aliphatic heterocycles. The molecule has 0 heterocycles. The molecule has 588 valence electrons. The number of esters is 4. The maximum Gasteiger partial charge on any atom is 0.472 e. The quantitative estimate of drug-likeness (QED) is 0.0222. The van der Waals surface area contributed by atoms with Crippen LogP contribution in [0.2, 0.25) is 0 Å². The Morgan fingerprint density at radius 2 is 0.515 bits per heavy atom. The number of carbonyl (C=O) groups excluding carboxylic acids is 4. The lowest BCUT2D eigenvalue weighted by molar-refractivity contribution is -0.161. The maximum atomic E-state index is 13.1. The molecule has 0 spiro atoms. The largest absolute Gasteiger partial charge is 0.472 e. The first-order valence-corrected chi connectivity index (χ1v) is 44.5. The standard InChI is InChI=1S/C80H156O17P2/c1-7-10-12-14-16-18-20-21-22-23-24-25-28-32-35-39-46-52-58-64-79(84)96-75(68-91-78(83)63-57-51-45-38-34-31-29-26-27-30-33-36-42-48-54-60-72(4)5)70-94-98(86,87)92-66-74(81)67-93-99(88,89)95-71-76(69-90-77(82)62-56-50-44-37-19-17-15-13-11-8-2)97-80(85)65-59-53-47-41-40-43-49-55-61-73(6)9-3/h72-76,81H,7-71H2,1-6H3,(H,86,87)(H,88,89)/t73?,74-,75-,76-/m1/s1. The Labute approximate surface area is 607 Å². The third-order valence-corrected chi connectivity index (χ3v) is 21.0. The van der Waals surface area contributed by atoms with Gasteiger partial charge in [-0.2, -0.15) is 0 Å². The molecule has 3 N–H and O–H groups in total. The van der Waals surface area contributed by atoms with E-state index < -0.39 is 97.5 Å². The predicted molar refractivity (Wildman–Crippen MR) is 405 cm³/mol. The van der Waals surface area contributed by atoms with E-state index in [1.165, 1.54) is 238 Å². The molecule has 19 heteroatoms. The lowest BCUT2D eigenvalue weighted by Gasteiger charge is -2.21. The van der Waals surface area contributed by atoms with Crippen molar-refractivity contribution in [2.45, 2.75) is 439 Å². The van der Waals surface area contributed by atoms with Gasteiger partial charge in [-0.15, -0.1) is 0 Å². The van der Waals surface area contributed by atoms with Gasteiger partial charge in [-0.3, -0.25) is 37.3 Å². The summed E-state index contributed by atoms with van der Waals surface area (Å²) in [5, 5.41) is 10.6. The molecule has 0 aromatic rings. The van der Waals surface area contributed by atoms with E-state index in [4.69, 9.17) is 37.0 Å². The lowest BCUT2D eigenvalue weighted by atomic mass is 9.99. The normalized spacial score (nSPS) is 14.2. The van der Waals surface area contributed by atoms with E-state index in [2.05, 4.69) is 41.5 Å². The van der Waals surface area contributed by atoms with Gasteiger partial charge in [0.15, 0.2) is 12.2 Å². The maximum absolute atomic E-state index is 13.1. The number of carbonyl (C=O) groups is 4. The molecule has 0 radical (unpaired) electrons. The first-order chi connectivity index (χ1) is 47.9. The Morgan fingerprint density at radius 1 is 0.293 bits per heavy atom. The number of unbranched alkanes of at least 4 members (excludes halogenated alkanes) is 48. The highest BCUT2D eigenvalue weighted by Crippen LogP contribution is 2.45. The monoisotopic (exact) mass is 1450 g/mol. The zero-order valence-electron chi connectivity index (χ0n) is 64.8. The van der Waals surface area contributed by atoms with Crippen LogP contribution < -0.4 is 0 Å². The number of aliphatic hydroxyl groups is 1. The molecule has 99 heavy (non-hydrogen) atoms. The first-order valence-electron chi connectivity index (χ1n) is 41.5. The van der Waals surface area contributed by atoms with Crippen LogP contribution in [-0.4, -0.2) is 96.7 Å². The van der Waals surface area contributed by atoms with Gasteiger partial charge in [-0.1, -0.05) is 369 Å². The van der Waals surface area contributed by atoms with Gasteiger partial charge in [0.05, 0.1) is 26.4 Å². The summed E-state index contributed by atoms with van der Waals surface area (Å²) in [6.07, 6.45) is 61.0. The molecule has 0 saturated heterocycles. The summed E-state index contributed by atoms with van der Waals surface area (Å²) in [6.45, 7) is 9.64. The fourth-order valence-electron chi connectivity index (χ4n) is 12.3. The van der Waals surface area contributed by atoms with Crippen LogP contribution in [0.5, 0.6) is 0 Å².